The number of carbonyl (C=O) groups is 1. The minimum atomic E-state index is -4.63. The third kappa shape index (κ3) is 3.58. The number of likely N-dealkylation sites (tertiary alicyclic amines) is 1. The second-order valence-electron chi connectivity index (χ2n) is 7.36. The topological polar surface area (TPSA) is 61.8 Å². The Kier molecular flexibility index (Phi) is 5.28. The first-order valence-corrected chi connectivity index (χ1v) is 8.60. The summed E-state index contributed by atoms with van der Waals surface area (Å²) in [6, 6.07) is 9.24. The van der Waals surface area contributed by atoms with Crippen molar-refractivity contribution >= 4 is 5.91 Å². The Bertz CT molecular complexity index is 629. The van der Waals surface area contributed by atoms with Crippen molar-refractivity contribution in [2.24, 2.45) is 10.8 Å². The van der Waals surface area contributed by atoms with Crippen molar-refractivity contribution in [2.45, 2.75) is 19.1 Å². The van der Waals surface area contributed by atoms with Gasteiger partial charge in [0, 0.05) is 19.6 Å². The van der Waals surface area contributed by atoms with Gasteiger partial charge in [-0.2, -0.15) is 13.2 Å². The number of nitrogens with one attached hydrogen (secondary N) is 1. The molecule has 1 aromatic rings. The maximum atomic E-state index is 13.8. The Morgan fingerprint density at radius 3 is 2.50 bits per heavy atom. The summed E-state index contributed by atoms with van der Waals surface area (Å²) in [7, 11) is 0. The fourth-order valence-electron chi connectivity index (χ4n) is 3.49. The molecule has 3 rings (SSSR count). The molecule has 8 heteroatoms. The van der Waals surface area contributed by atoms with Gasteiger partial charge in [0.2, 0.25) is 5.91 Å². The predicted molar refractivity (Wildman–Crippen MR) is 88.2 cm³/mol. The highest BCUT2D eigenvalue weighted by Gasteiger charge is 2.63. The van der Waals surface area contributed by atoms with Crippen LogP contribution in [0.15, 0.2) is 30.3 Å². The van der Waals surface area contributed by atoms with Crippen LogP contribution in [-0.2, 0) is 16.1 Å². The summed E-state index contributed by atoms with van der Waals surface area (Å²) in [5, 5.41) is 11.8. The highest BCUT2D eigenvalue weighted by atomic mass is 19.4. The van der Waals surface area contributed by atoms with Gasteiger partial charge < -0.3 is 15.2 Å². The van der Waals surface area contributed by atoms with E-state index in [2.05, 4.69) is 5.32 Å². The molecule has 2 aliphatic heterocycles. The third-order valence-corrected chi connectivity index (χ3v) is 5.35. The lowest BCUT2D eigenvalue weighted by molar-refractivity contribution is -0.219. The Labute approximate surface area is 150 Å². The summed E-state index contributed by atoms with van der Waals surface area (Å²) in [6.07, 6.45) is -4.90. The molecule has 0 saturated carbocycles. The molecule has 144 valence electrons. The minimum absolute atomic E-state index is 0.0150. The Balaban J connectivity index is 1.68. The second kappa shape index (κ2) is 7.17. The van der Waals surface area contributed by atoms with E-state index in [9.17, 15) is 23.1 Å². The van der Waals surface area contributed by atoms with Crippen LogP contribution in [0.25, 0.3) is 0 Å². The fourth-order valence-corrected chi connectivity index (χ4v) is 3.49. The van der Waals surface area contributed by atoms with Gasteiger partial charge in [0.15, 0.2) is 5.41 Å². The summed E-state index contributed by atoms with van der Waals surface area (Å²) in [5.41, 5.74) is -2.16. The van der Waals surface area contributed by atoms with E-state index >= 15 is 0 Å². The molecule has 1 aromatic carbocycles. The number of amides is 1. The van der Waals surface area contributed by atoms with Gasteiger partial charge in [-0.25, -0.2) is 0 Å². The van der Waals surface area contributed by atoms with Gasteiger partial charge in [-0.3, -0.25) is 9.69 Å². The van der Waals surface area contributed by atoms with Crippen molar-refractivity contribution in [3.63, 3.8) is 0 Å². The summed E-state index contributed by atoms with van der Waals surface area (Å²) >= 11 is 0. The van der Waals surface area contributed by atoms with Crippen LogP contribution in [0.1, 0.15) is 12.0 Å². The molecule has 0 aromatic heterocycles. The lowest BCUT2D eigenvalue weighted by Gasteiger charge is -2.41. The second-order valence-corrected chi connectivity index (χ2v) is 7.36. The molecule has 2 N–H and O–H groups in total. The van der Waals surface area contributed by atoms with Crippen LogP contribution in [0.4, 0.5) is 13.2 Å². The lowest BCUT2D eigenvalue weighted by Crippen LogP contribution is -2.58. The van der Waals surface area contributed by atoms with E-state index in [-0.39, 0.29) is 45.9 Å². The highest BCUT2D eigenvalue weighted by molar-refractivity contribution is 5.84. The molecule has 0 radical (unpaired) electrons. The zero-order valence-electron chi connectivity index (χ0n) is 14.4. The number of halogens is 3. The first kappa shape index (κ1) is 19.1. The lowest BCUT2D eigenvalue weighted by atomic mass is 9.83. The van der Waals surface area contributed by atoms with E-state index < -0.39 is 22.9 Å². The molecule has 26 heavy (non-hydrogen) atoms. The van der Waals surface area contributed by atoms with Crippen molar-refractivity contribution < 1.29 is 27.8 Å². The standard InChI is InChI=1S/C18H23F3N2O3/c19-18(20,21)17(15(25)22-9-16(11-24)12-26-13-16)6-7-23(10-17)8-14-4-2-1-3-5-14/h1-5,24H,6-13H2,(H,22,25). The van der Waals surface area contributed by atoms with Crippen molar-refractivity contribution in [3.05, 3.63) is 35.9 Å². The van der Waals surface area contributed by atoms with Crippen molar-refractivity contribution in [1.29, 1.82) is 0 Å². The molecule has 0 aliphatic carbocycles. The van der Waals surface area contributed by atoms with Crippen LogP contribution in [0.3, 0.4) is 0 Å². The highest BCUT2D eigenvalue weighted by Crippen LogP contribution is 2.46. The number of benzene rings is 1. The van der Waals surface area contributed by atoms with E-state index in [0.717, 1.165) is 5.56 Å². The monoisotopic (exact) mass is 372 g/mol. The zero-order chi connectivity index (χ0) is 18.8. The van der Waals surface area contributed by atoms with Gasteiger partial charge in [0.05, 0.1) is 25.2 Å². The number of ether oxygens (including phenoxy) is 1. The van der Waals surface area contributed by atoms with E-state index in [4.69, 9.17) is 4.74 Å². The molecule has 1 atom stereocenters. The van der Waals surface area contributed by atoms with E-state index in [1.54, 1.807) is 4.90 Å². The smallest absolute Gasteiger partial charge is 0.396 e. The number of carbonyl (C=O) groups excluding carboxylic acids is 1. The van der Waals surface area contributed by atoms with Gasteiger partial charge in [0.25, 0.3) is 0 Å². The zero-order valence-corrected chi connectivity index (χ0v) is 14.4. The molecule has 0 spiro atoms. The molecule has 0 bridgehead atoms. The van der Waals surface area contributed by atoms with Crippen LogP contribution < -0.4 is 5.32 Å². The van der Waals surface area contributed by atoms with Gasteiger partial charge >= 0.3 is 6.18 Å². The van der Waals surface area contributed by atoms with Crippen molar-refractivity contribution in [1.82, 2.24) is 10.2 Å². The van der Waals surface area contributed by atoms with E-state index in [1.807, 2.05) is 30.3 Å². The number of aliphatic hydroxyl groups is 1. The summed E-state index contributed by atoms with van der Waals surface area (Å²) < 4.78 is 46.5. The molecule has 2 fully saturated rings. The number of alkyl halides is 3. The molecule has 1 amide bonds. The van der Waals surface area contributed by atoms with Gasteiger partial charge in [0.1, 0.15) is 0 Å². The molecular weight excluding hydrogens is 349 g/mol. The van der Waals surface area contributed by atoms with Crippen LogP contribution in [-0.4, -0.2) is 61.5 Å². The fraction of sp³-hybridized carbons (Fsp3) is 0.611. The van der Waals surface area contributed by atoms with Crippen molar-refractivity contribution in [3.8, 4) is 0 Å². The van der Waals surface area contributed by atoms with Crippen LogP contribution in [0, 0.1) is 10.8 Å². The number of hydrogen-bond acceptors (Lipinski definition) is 4. The normalized spacial score (nSPS) is 25.7. The van der Waals surface area contributed by atoms with E-state index in [1.165, 1.54) is 0 Å². The maximum absolute atomic E-state index is 13.8. The maximum Gasteiger partial charge on any atom is 0.404 e. The predicted octanol–water partition coefficient (Wildman–Crippen LogP) is 1.57. The van der Waals surface area contributed by atoms with Crippen LogP contribution in [0.2, 0.25) is 0 Å². The van der Waals surface area contributed by atoms with Gasteiger partial charge in [-0.1, -0.05) is 30.3 Å². The summed E-state index contributed by atoms with van der Waals surface area (Å²) in [5.74, 6) is -1.01. The van der Waals surface area contributed by atoms with Crippen LogP contribution in [0.5, 0.6) is 0 Å². The average Bonchev–Trinajstić information content (AvgIpc) is 3.00. The Morgan fingerprint density at radius 2 is 1.96 bits per heavy atom. The van der Waals surface area contributed by atoms with E-state index in [0.29, 0.717) is 6.54 Å². The first-order valence-electron chi connectivity index (χ1n) is 8.60. The molecule has 2 saturated heterocycles. The summed E-state index contributed by atoms with van der Waals surface area (Å²) in [4.78, 5) is 14.2. The number of rotatable bonds is 6. The number of nitrogens with zero attached hydrogens (tertiary/aromatic N) is 1. The SMILES string of the molecule is O=C(NCC1(CO)COC1)C1(C(F)(F)F)CCN(Cc2ccccc2)C1. The largest absolute Gasteiger partial charge is 0.404 e. The molecule has 1 unspecified atom stereocenters. The molecule has 2 heterocycles. The molecule has 5 nitrogen and oxygen atoms in total. The van der Waals surface area contributed by atoms with Crippen molar-refractivity contribution in [2.75, 3.05) is 39.5 Å². The quantitative estimate of drug-likeness (QED) is 0.796. The third-order valence-electron chi connectivity index (χ3n) is 5.35. The van der Waals surface area contributed by atoms with Crippen LogP contribution >= 0.6 is 0 Å². The Morgan fingerprint density at radius 1 is 1.27 bits per heavy atom. The number of aliphatic hydroxyl groups excluding tert-OH is 1. The number of hydrogen-bond donors (Lipinski definition) is 2. The minimum Gasteiger partial charge on any atom is -0.396 e. The Hall–Kier alpha value is -1.64. The summed E-state index contributed by atoms with van der Waals surface area (Å²) in [6.45, 7) is 0.452. The molecule has 2 aliphatic rings. The van der Waals surface area contributed by atoms with Gasteiger partial charge in [-0.05, 0) is 18.5 Å². The average molecular weight is 372 g/mol. The molecular formula is C18H23F3N2O3. The first-order chi connectivity index (χ1) is 12.3. The van der Waals surface area contributed by atoms with Gasteiger partial charge in [-0.15, -0.1) is 0 Å².